The summed E-state index contributed by atoms with van der Waals surface area (Å²) < 4.78 is 1.66. The minimum Gasteiger partial charge on any atom is -0.300 e. The van der Waals surface area contributed by atoms with Crippen molar-refractivity contribution >= 4 is 22.4 Å². The Bertz CT molecular complexity index is 449. The summed E-state index contributed by atoms with van der Waals surface area (Å²) in [5.41, 5.74) is 2.30. The van der Waals surface area contributed by atoms with Crippen molar-refractivity contribution in [1.29, 1.82) is 0 Å². The number of amides is 1. The topological polar surface area (TPSA) is 72.7 Å². The van der Waals surface area contributed by atoms with Crippen molar-refractivity contribution in [1.82, 2.24) is 20.0 Å². The molecule has 0 saturated carbocycles. The molecule has 6 nitrogen and oxygen atoms in total. The van der Waals surface area contributed by atoms with Crippen molar-refractivity contribution in [3.05, 3.63) is 23.5 Å². The van der Waals surface area contributed by atoms with E-state index in [1.54, 1.807) is 22.5 Å². The lowest BCUT2D eigenvalue weighted by molar-refractivity contribution is -0.115. The van der Waals surface area contributed by atoms with Crippen molar-refractivity contribution in [3.63, 3.8) is 0 Å². The Morgan fingerprint density at radius 1 is 1.67 bits per heavy atom. The molecule has 0 saturated heterocycles. The van der Waals surface area contributed by atoms with Crippen molar-refractivity contribution in [2.45, 2.75) is 6.42 Å². The van der Waals surface area contributed by atoms with Gasteiger partial charge in [0.05, 0.1) is 12.1 Å². The predicted octanol–water partition coefficient (Wildman–Crippen LogP) is 0.453. The molecule has 1 N–H and O–H groups in total. The first-order valence-electron chi connectivity index (χ1n) is 4.28. The Kier molecular flexibility index (Phi) is 2.72. The van der Waals surface area contributed by atoms with Crippen LogP contribution in [0.3, 0.4) is 0 Å². The van der Waals surface area contributed by atoms with Gasteiger partial charge in [0.1, 0.15) is 5.51 Å². The largest absolute Gasteiger partial charge is 0.300 e. The number of hydrogen-bond donors (Lipinski definition) is 1. The molecule has 0 aliphatic rings. The summed E-state index contributed by atoms with van der Waals surface area (Å²) in [4.78, 5) is 11.5. The van der Waals surface area contributed by atoms with Gasteiger partial charge in [0, 0.05) is 13.2 Å². The standard InChI is InChI=1S/C8H9N5OS/c1-13-3-2-6(12-13)4-7(14)10-8-11-9-5-15-8/h2-3,5H,4H2,1H3,(H,10,11,14). The third-order valence-electron chi connectivity index (χ3n) is 1.72. The lowest BCUT2D eigenvalue weighted by Crippen LogP contribution is -2.14. The van der Waals surface area contributed by atoms with E-state index < -0.39 is 0 Å². The number of rotatable bonds is 3. The van der Waals surface area contributed by atoms with E-state index in [0.717, 1.165) is 5.69 Å². The summed E-state index contributed by atoms with van der Waals surface area (Å²) in [6, 6.07) is 1.81. The summed E-state index contributed by atoms with van der Waals surface area (Å²) in [7, 11) is 1.81. The third-order valence-corrected chi connectivity index (χ3v) is 2.32. The number of carbonyl (C=O) groups excluding carboxylic acids is 1. The van der Waals surface area contributed by atoms with Gasteiger partial charge in [-0.25, -0.2) is 0 Å². The number of nitrogens with zero attached hydrogens (tertiary/aromatic N) is 4. The molecule has 1 amide bonds. The van der Waals surface area contributed by atoms with Crippen LogP contribution in [0.25, 0.3) is 0 Å². The van der Waals surface area contributed by atoms with Crippen LogP contribution in [-0.4, -0.2) is 25.9 Å². The molecule has 0 spiro atoms. The van der Waals surface area contributed by atoms with Gasteiger partial charge in [-0.05, 0) is 6.07 Å². The smallest absolute Gasteiger partial charge is 0.232 e. The highest BCUT2D eigenvalue weighted by atomic mass is 32.1. The lowest BCUT2D eigenvalue weighted by atomic mass is 10.3. The SMILES string of the molecule is Cn1ccc(CC(=O)Nc2nncs2)n1. The average molecular weight is 223 g/mol. The molecule has 2 aromatic rings. The van der Waals surface area contributed by atoms with Gasteiger partial charge < -0.3 is 5.32 Å². The average Bonchev–Trinajstić information content (AvgIpc) is 2.77. The van der Waals surface area contributed by atoms with Gasteiger partial charge in [-0.1, -0.05) is 11.3 Å². The zero-order chi connectivity index (χ0) is 10.7. The molecule has 0 radical (unpaired) electrons. The molecule has 7 heteroatoms. The minimum absolute atomic E-state index is 0.134. The van der Waals surface area contributed by atoms with E-state index in [1.165, 1.54) is 11.3 Å². The Hall–Kier alpha value is -1.76. The summed E-state index contributed by atoms with van der Waals surface area (Å²) in [6.07, 6.45) is 2.05. The molecule has 0 fully saturated rings. The van der Waals surface area contributed by atoms with E-state index in [-0.39, 0.29) is 12.3 Å². The number of aromatic nitrogens is 4. The van der Waals surface area contributed by atoms with Crippen LogP contribution in [0.1, 0.15) is 5.69 Å². The number of aryl methyl sites for hydroxylation is 1. The summed E-state index contributed by atoms with van der Waals surface area (Å²) in [5, 5.41) is 14.6. The van der Waals surface area contributed by atoms with Crippen LogP contribution in [0.15, 0.2) is 17.8 Å². The van der Waals surface area contributed by atoms with Crippen molar-refractivity contribution in [2.75, 3.05) is 5.32 Å². The van der Waals surface area contributed by atoms with Crippen molar-refractivity contribution in [3.8, 4) is 0 Å². The maximum absolute atomic E-state index is 11.5. The molecule has 0 aliphatic heterocycles. The zero-order valence-electron chi connectivity index (χ0n) is 8.04. The van der Waals surface area contributed by atoms with E-state index in [4.69, 9.17) is 0 Å². The third kappa shape index (κ3) is 2.59. The summed E-state index contributed by atoms with van der Waals surface area (Å²) >= 11 is 1.29. The Balaban J connectivity index is 1.93. The summed E-state index contributed by atoms with van der Waals surface area (Å²) in [5.74, 6) is -0.134. The Morgan fingerprint density at radius 3 is 3.13 bits per heavy atom. The fourth-order valence-electron chi connectivity index (χ4n) is 1.11. The molecule has 0 aromatic carbocycles. The van der Waals surface area contributed by atoms with Crippen molar-refractivity contribution in [2.24, 2.45) is 7.05 Å². The molecule has 78 valence electrons. The molecule has 0 aliphatic carbocycles. The molecule has 0 unspecified atom stereocenters. The van der Waals surface area contributed by atoms with Gasteiger partial charge in [0.15, 0.2) is 0 Å². The molecule has 2 heterocycles. The first-order chi connectivity index (χ1) is 7.24. The van der Waals surface area contributed by atoms with E-state index in [1.807, 2.05) is 7.05 Å². The minimum atomic E-state index is -0.134. The second kappa shape index (κ2) is 4.18. The van der Waals surface area contributed by atoms with Gasteiger partial charge in [-0.3, -0.25) is 9.48 Å². The van der Waals surface area contributed by atoms with Gasteiger partial charge in [0.25, 0.3) is 0 Å². The normalized spacial score (nSPS) is 10.2. The van der Waals surface area contributed by atoms with Crippen molar-refractivity contribution < 1.29 is 4.79 Å². The molecule has 0 bridgehead atoms. The molecule has 2 aromatic heterocycles. The van der Waals surface area contributed by atoms with Crippen LogP contribution in [0, 0.1) is 0 Å². The highest BCUT2D eigenvalue weighted by Gasteiger charge is 2.07. The first kappa shape index (κ1) is 9.78. The molecular formula is C8H9N5OS. The molecule has 0 atom stereocenters. The number of nitrogens with one attached hydrogen (secondary N) is 1. The van der Waals surface area contributed by atoms with Crippen LogP contribution in [0.4, 0.5) is 5.13 Å². The zero-order valence-corrected chi connectivity index (χ0v) is 8.86. The maximum atomic E-state index is 11.5. The lowest BCUT2D eigenvalue weighted by Gasteiger charge is -1.97. The highest BCUT2D eigenvalue weighted by Crippen LogP contribution is 2.08. The maximum Gasteiger partial charge on any atom is 0.232 e. The number of hydrogen-bond acceptors (Lipinski definition) is 5. The molecule has 15 heavy (non-hydrogen) atoms. The van der Waals surface area contributed by atoms with Crippen LogP contribution >= 0.6 is 11.3 Å². The molecular weight excluding hydrogens is 214 g/mol. The fraction of sp³-hybridized carbons (Fsp3) is 0.250. The second-order valence-electron chi connectivity index (χ2n) is 2.95. The van der Waals surface area contributed by atoms with E-state index >= 15 is 0 Å². The fourth-order valence-corrected chi connectivity index (χ4v) is 1.57. The van der Waals surface area contributed by atoms with Crippen LogP contribution in [-0.2, 0) is 18.3 Å². The Labute approximate surface area is 90.0 Å². The second-order valence-corrected chi connectivity index (χ2v) is 3.78. The monoisotopic (exact) mass is 223 g/mol. The van der Waals surface area contributed by atoms with Gasteiger partial charge in [0.2, 0.25) is 11.0 Å². The van der Waals surface area contributed by atoms with E-state index in [9.17, 15) is 4.79 Å². The van der Waals surface area contributed by atoms with Crippen LogP contribution in [0.2, 0.25) is 0 Å². The quantitative estimate of drug-likeness (QED) is 0.820. The highest BCUT2D eigenvalue weighted by molar-refractivity contribution is 7.13. The van der Waals surface area contributed by atoms with E-state index in [0.29, 0.717) is 5.13 Å². The summed E-state index contributed by atoms with van der Waals surface area (Å²) in [6.45, 7) is 0. The predicted molar refractivity (Wildman–Crippen MR) is 55.5 cm³/mol. The van der Waals surface area contributed by atoms with E-state index in [2.05, 4.69) is 20.6 Å². The van der Waals surface area contributed by atoms with Crippen LogP contribution in [0.5, 0.6) is 0 Å². The first-order valence-corrected chi connectivity index (χ1v) is 5.16. The van der Waals surface area contributed by atoms with Gasteiger partial charge >= 0.3 is 0 Å². The Morgan fingerprint density at radius 2 is 2.53 bits per heavy atom. The van der Waals surface area contributed by atoms with Gasteiger partial charge in [-0.15, -0.1) is 10.2 Å². The molecule has 2 rings (SSSR count). The number of carbonyl (C=O) groups is 1. The van der Waals surface area contributed by atoms with Gasteiger partial charge in [-0.2, -0.15) is 5.10 Å². The van der Waals surface area contributed by atoms with Crippen LogP contribution < -0.4 is 5.32 Å². The number of anilines is 1.